The highest BCUT2D eigenvalue weighted by Gasteiger charge is 2.17. The molecule has 1 N–H and O–H groups in total. The van der Waals surface area contributed by atoms with Crippen LogP contribution in [0.1, 0.15) is 5.56 Å². The van der Waals surface area contributed by atoms with E-state index in [0.29, 0.717) is 0 Å². The summed E-state index contributed by atoms with van der Waals surface area (Å²) in [6, 6.07) is 17.0. The molecular formula is C16H17BrN2. The molecule has 3 rings (SSSR count). The summed E-state index contributed by atoms with van der Waals surface area (Å²) in [5.41, 5.74) is 4.05. The van der Waals surface area contributed by atoms with E-state index >= 15 is 0 Å². The van der Waals surface area contributed by atoms with Crippen molar-refractivity contribution in [2.45, 2.75) is 6.42 Å². The van der Waals surface area contributed by atoms with Crippen LogP contribution < -0.4 is 10.2 Å². The van der Waals surface area contributed by atoms with Crippen molar-refractivity contribution >= 4 is 27.3 Å². The Labute approximate surface area is 122 Å². The van der Waals surface area contributed by atoms with E-state index in [9.17, 15) is 0 Å². The highest BCUT2D eigenvalue weighted by atomic mass is 79.9. The van der Waals surface area contributed by atoms with Crippen LogP contribution in [0, 0.1) is 0 Å². The number of anilines is 2. The van der Waals surface area contributed by atoms with Crippen LogP contribution in [0.5, 0.6) is 0 Å². The molecule has 2 aromatic rings. The van der Waals surface area contributed by atoms with E-state index < -0.39 is 0 Å². The fourth-order valence-corrected chi connectivity index (χ4v) is 2.97. The van der Waals surface area contributed by atoms with E-state index in [0.717, 1.165) is 24.1 Å². The number of benzene rings is 2. The molecule has 1 aliphatic heterocycles. The molecule has 3 heteroatoms. The summed E-state index contributed by atoms with van der Waals surface area (Å²) in [6.07, 6.45) is 1.17. The Balaban J connectivity index is 1.57. The van der Waals surface area contributed by atoms with E-state index in [1.165, 1.54) is 23.4 Å². The second kappa shape index (κ2) is 5.66. The highest BCUT2D eigenvalue weighted by molar-refractivity contribution is 9.10. The van der Waals surface area contributed by atoms with Gasteiger partial charge in [-0.1, -0.05) is 40.2 Å². The predicted octanol–water partition coefficient (Wildman–Crippen LogP) is 3.92. The molecule has 0 fully saturated rings. The van der Waals surface area contributed by atoms with Crippen molar-refractivity contribution in [2.24, 2.45) is 0 Å². The SMILES string of the molecule is Brc1cccc(NCCN2CCc3ccccc32)c1. The van der Waals surface area contributed by atoms with Gasteiger partial charge < -0.3 is 10.2 Å². The molecule has 0 atom stereocenters. The monoisotopic (exact) mass is 316 g/mol. The van der Waals surface area contributed by atoms with Crippen LogP contribution in [0.3, 0.4) is 0 Å². The first-order valence-electron chi connectivity index (χ1n) is 6.65. The molecule has 2 aromatic carbocycles. The molecule has 0 amide bonds. The Kier molecular flexibility index (Phi) is 3.74. The maximum absolute atomic E-state index is 3.49. The van der Waals surface area contributed by atoms with Crippen molar-refractivity contribution in [3.05, 3.63) is 58.6 Å². The van der Waals surface area contributed by atoms with Crippen molar-refractivity contribution in [3.8, 4) is 0 Å². The number of halogens is 1. The number of nitrogens with zero attached hydrogens (tertiary/aromatic N) is 1. The van der Waals surface area contributed by atoms with Crippen molar-refractivity contribution in [3.63, 3.8) is 0 Å². The van der Waals surface area contributed by atoms with Crippen LogP contribution in [0.25, 0.3) is 0 Å². The summed E-state index contributed by atoms with van der Waals surface area (Å²) in [4.78, 5) is 2.46. The Hall–Kier alpha value is -1.48. The number of para-hydroxylation sites is 1. The van der Waals surface area contributed by atoms with Gasteiger partial charge in [0.25, 0.3) is 0 Å². The third kappa shape index (κ3) is 2.92. The average Bonchev–Trinajstić information content (AvgIpc) is 2.83. The van der Waals surface area contributed by atoms with Gasteiger partial charge in [0, 0.05) is 35.5 Å². The quantitative estimate of drug-likeness (QED) is 0.919. The lowest BCUT2D eigenvalue weighted by molar-refractivity contribution is 0.839. The van der Waals surface area contributed by atoms with Gasteiger partial charge in [-0.05, 0) is 36.2 Å². The fourth-order valence-electron chi connectivity index (χ4n) is 2.57. The molecule has 0 bridgehead atoms. The summed E-state index contributed by atoms with van der Waals surface area (Å²) < 4.78 is 1.11. The topological polar surface area (TPSA) is 15.3 Å². The minimum absolute atomic E-state index is 0.963. The zero-order valence-corrected chi connectivity index (χ0v) is 12.4. The predicted molar refractivity (Wildman–Crippen MR) is 85.0 cm³/mol. The maximum atomic E-state index is 3.49. The Morgan fingerprint density at radius 1 is 1.11 bits per heavy atom. The van der Waals surface area contributed by atoms with Crippen LogP contribution in [-0.2, 0) is 6.42 Å². The van der Waals surface area contributed by atoms with Crippen LogP contribution >= 0.6 is 15.9 Å². The van der Waals surface area contributed by atoms with Crippen LogP contribution in [0.15, 0.2) is 53.0 Å². The zero-order chi connectivity index (χ0) is 13.1. The smallest absolute Gasteiger partial charge is 0.0400 e. The van der Waals surface area contributed by atoms with Crippen LogP contribution in [0.4, 0.5) is 11.4 Å². The summed E-state index contributed by atoms with van der Waals surface area (Å²) >= 11 is 3.49. The molecule has 1 heterocycles. The Bertz CT molecular complexity index is 568. The van der Waals surface area contributed by atoms with Crippen molar-refractivity contribution < 1.29 is 0 Å². The molecule has 0 radical (unpaired) electrons. The molecule has 0 aliphatic carbocycles. The van der Waals surface area contributed by atoms with E-state index in [-0.39, 0.29) is 0 Å². The molecule has 98 valence electrons. The first-order chi connectivity index (χ1) is 9.33. The lowest BCUT2D eigenvalue weighted by Gasteiger charge is -2.19. The first kappa shape index (κ1) is 12.5. The van der Waals surface area contributed by atoms with Gasteiger partial charge in [0.1, 0.15) is 0 Å². The van der Waals surface area contributed by atoms with E-state index in [4.69, 9.17) is 0 Å². The maximum Gasteiger partial charge on any atom is 0.0400 e. The normalized spacial score (nSPS) is 13.4. The van der Waals surface area contributed by atoms with Gasteiger partial charge in [0.05, 0.1) is 0 Å². The van der Waals surface area contributed by atoms with E-state index in [1.54, 1.807) is 0 Å². The van der Waals surface area contributed by atoms with Gasteiger partial charge in [-0.2, -0.15) is 0 Å². The second-order valence-corrected chi connectivity index (χ2v) is 5.72. The Morgan fingerprint density at radius 3 is 2.89 bits per heavy atom. The van der Waals surface area contributed by atoms with Crippen molar-refractivity contribution in [2.75, 3.05) is 29.9 Å². The van der Waals surface area contributed by atoms with Crippen LogP contribution in [0.2, 0.25) is 0 Å². The third-order valence-electron chi connectivity index (χ3n) is 3.52. The molecule has 0 aromatic heterocycles. The van der Waals surface area contributed by atoms with Gasteiger partial charge in [-0.25, -0.2) is 0 Å². The molecule has 1 aliphatic rings. The Morgan fingerprint density at radius 2 is 2.00 bits per heavy atom. The average molecular weight is 317 g/mol. The zero-order valence-electron chi connectivity index (χ0n) is 10.8. The summed E-state index contributed by atoms with van der Waals surface area (Å²) in [7, 11) is 0. The van der Waals surface area contributed by atoms with E-state index in [2.05, 4.69) is 68.6 Å². The van der Waals surface area contributed by atoms with Gasteiger partial charge in [-0.15, -0.1) is 0 Å². The van der Waals surface area contributed by atoms with Gasteiger partial charge in [-0.3, -0.25) is 0 Å². The minimum atomic E-state index is 0.963. The third-order valence-corrected chi connectivity index (χ3v) is 4.01. The lowest BCUT2D eigenvalue weighted by Crippen LogP contribution is -2.27. The number of nitrogens with one attached hydrogen (secondary N) is 1. The summed E-state index contributed by atoms with van der Waals surface area (Å²) in [5, 5.41) is 3.47. The fraction of sp³-hybridized carbons (Fsp3) is 0.250. The molecule has 2 nitrogen and oxygen atoms in total. The molecule has 0 saturated carbocycles. The van der Waals surface area contributed by atoms with Crippen molar-refractivity contribution in [1.82, 2.24) is 0 Å². The van der Waals surface area contributed by atoms with Gasteiger partial charge >= 0.3 is 0 Å². The number of hydrogen-bond acceptors (Lipinski definition) is 2. The van der Waals surface area contributed by atoms with Gasteiger partial charge in [0.2, 0.25) is 0 Å². The molecule has 19 heavy (non-hydrogen) atoms. The number of hydrogen-bond donors (Lipinski definition) is 1. The molecule has 0 saturated heterocycles. The van der Waals surface area contributed by atoms with Crippen molar-refractivity contribution in [1.29, 1.82) is 0 Å². The highest BCUT2D eigenvalue weighted by Crippen LogP contribution is 2.26. The summed E-state index contributed by atoms with van der Waals surface area (Å²) in [5.74, 6) is 0. The number of fused-ring (bicyclic) bond motifs is 1. The number of rotatable bonds is 4. The van der Waals surface area contributed by atoms with Crippen LogP contribution in [-0.4, -0.2) is 19.6 Å². The molecular weight excluding hydrogens is 300 g/mol. The molecule has 0 spiro atoms. The van der Waals surface area contributed by atoms with Gasteiger partial charge in [0.15, 0.2) is 0 Å². The lowest BCUT2D eigenvalue weighted by atomic mass is 10.2. The summed E-state index contributed by atoms with van der Waals surface area (Å²) in [6.45, 7) is 3.15. The standard InChI is InChI=1S/C16H17BrN2/c17-14-5-3-6-15(12-14)18-9-11-19-10-8-13-4-1-2-7-16(13)19/h1-7,12,18H,8-11H2. The minimum Gasteiger partial charge on any atom is -0.383 e. The molecule has 0 unspecified atom stereocenters. The second-order valence-electron chi connectivity index (χ2n) is 4.80. The largest absolute Gasteiger partial charge is 0.383 e. The first-order valence-corrected chi connectivity index (χ1v) is 7.44. The van der Waals surface area contributed by atoms with E-state index in [1.807, 2.05) is 6.07 Å².